The van der Waals surface area contributed by atoms with Crippen LogP contribution in [0.2, 0.25) is 5.02 Å². The number of hydrogen-bond acceptors (Lipinski definition) is 4. The summed E-state index contributed by atoms with van der Waals surface area (Å²) in [6, 6.07) is 11.4. The van der Waals surface area contributed by atoms with Gasteiger partial charge in [0.25, 0.3) is 11.7 Å². The first-order valence-corrected chi connectivity index (χ1v) is 12.8. The molecule has 1 heterocycles. The van der Waals surface area contributed by atoms with Gasteiger partial charge in [0.2, 0.25) is 0 Å². The topological polar surface area (TPSA) is 60.9 Å². The Kier molecular flexibility index (Phi) is 9.87. The maximum Gasteiger partial charge on any atom is 0.295 e. The molecule has 0 saturated carbocycles. The highest BCUT2D eigenvalue weighted by Crippen LogP contribution is 2.41. The van der Waals surface area contributed by atoms with Gasteiger partial charge in [0.05, 0.1) is 11.6 Å². The Bertz CT molecular complexity index is 1050. The molecule has 1 amide bonds. The number of aliphatic hydroxyl groups excluding tert-OH is 1. The lowest BCUT2D eigenvalue weighted by Crippen LogP contribution is -2.34. The van der Waals surface area contributed by atoms with Crippen molar-refractivity contribution in [2.75, 3.05) is 26.2 Å². The third kappa shape index (κ3) is 6.50. The predicted octanol–water partition coefficient (Wildman–Crippen LogP) is 6.19. The number of amides is 1. The van der Waals surface area contributed by atoms with Crippen LogP contribution in [0.4, 0.5) is 4.39 Å². The van der Waals surface area contributed by atoms with Crippen LogP contribution >= 0.6 is 11.6 Å². The Morgan fingerprint density at radius 1 is 0.971 bits per heavy atom. The van der Waals surface area contributed by atoms with Crippen LogP contribution in [0.15, 0.2) is 54.1 Å². The van der Waals surface area contributed by atoms with Crippen LogP contribution in [0.25, 0.3) is 5.76 Å². The average Bonchev–Trinajstić information content (AvgIpc) is 3.10. The molecule has 0 radical (unpaired) electrons. The second kappa shape index (κ2) is 12.8. The molecule has 1 N–H and O–H groups in total. The fourth-order valence-corrected chi connectivity index (χ4v) is 4.70. The molecule has 3 rings (SSSR count). The summed E-state index contributed by atoms with van der Waals surface area (Å²) in [6.45, 7) is 7.53. The van der Waals surface area contributed by atoms with Gasteiger partial charge >= 0.3 is 0 Å². The van der Waals surface area contributed by atoms with E-state index in [2.05, 4.69) is 18.7 Å². The molecule has 0 aromatic heterocycles. The largest absolute Gasteiger partial charge is 0.507 e. The zero-order valence-electron chi connectivity index (χ0n) is 20.5. The molecule has 0 spiro atoms. The lowest BCUT2D eigenvalue weighted by atomic mass is 9.95. The monoisotopic (exact) mass is 500 g/mol. The summed E-state index contributed by atoms with van der Waals surface area (Å²) in [6.07, 6.45) is 5.16. The van der Waals surface area contributed by atoms with Gasteiger partial charge in [-0.2, -0.15) is 0 Å². The van der Waals surface area contributed by atoms with Crippen molar-refractivity contribution in [3.05, 3.63) is 76.1 Å². The van der Waals surface area contributed by atoms with Crippen LogP contribution in [-0.2, 0) is 9.59 Å². The second-order valence-electron chi connectivity index (χ2n) is 8.92. The van der Waals surface area contributed by atoms with Gasteiger partial charge in [0.15, 0.2) is 0 Å². The molecule has 0 bridgehead atoms. The van der Waals surface area contributed by atoms with E-state index in [1.54, 1.807) is 24.3 Å². The molecule has 35 heavy (non-hydrogen) atoms. The minimum atomic E-state index is -0.812. The number of halogens is 2. The first-order valence-electron chi connectivity index (χ1n) is 12.4. The van der Waals surface area contributed by atoms with Crippen molar-refractivity contribution in [3.8, 4) is 0 Å². The van der Waals surface area contributed by atoms with Gasteiger partial charge in [0, 0.05) is 17.1 Å². The highest BCUT2D eigenvalue weighted by atomic mass is 35.5. The third-order valence-electron chi connectivity index (χ3n) is 6.39. The summed E-state index contributed by atoms with van der Waals surface area (Å²) in [4.78, 5) is 30.2. The predicted molar refractivity (Wildman–Crippen MR) is 138 cm³/mol. The summed E-state index contributed by atoms with van der Waals surface area (Å²) < 4.78 is 13.4. The Balaban J connectivity index is 1.92. The van der Waals surface area contributed by atoms with Gasteiger partial charge in [-0.05, 0) is 74.8 Å². The highest BCUT2D eigenvalue weighted by molar-refractivity contribution is 6.47. The number of unbranched alkanes of at least 4 members (excludes halogenated alkanes) is 2. The Labute approximate surface area is 212 Å². The zero-order valence-corrected chi connectivity index (χ0v) is 21.2. The Hall–Kier alpha value is -2.70. The quantitative estimate of drug-likeness (QED) is 0.214. The molecular formula is C28H34ClFN2O3. The maximum absolute atomic E-state index is 13.4. The molecule has 2 aromatic carbocycles. The molecule has 1 fully saturated rings. The third-order valence-corrected chi connectivity index (χ3v) is 6.73. The number of nitrogens with zero attached hydrogens (tertiary/aromatic N) is 2. The smallest absolute Gasteiger partial charge is 0.295 e. The van der Waals surface area contributed by atoms with Crippen molar-refractivity contribution in [2.24, 2.45) is 0 Å². The van der Waals surface area contributed by atoms with Crippen molar-refractivity contribution in [1.82, 2.24) is 9.80 Å². The number of carbonyl (C=O) groups excluding carboxylic acids is 2. The van der Waals surface area contributed by atoms with E-state index < -0.39 is 23.5 Å². The van der Waals surface area contributed by atoms with Gasteiger partial charge < -0.3 is 14.9 Å². The molecule has 1 aliphatic heterocycles. The lowest BCUT2D eigenvalue weighted by molar-refractivity contribution is -0.140. The molecule has 5 nitrogen and oxygen atoms in total. The van der Waals surface area contributed by atoms with E-state index in [0.717, 1.165) is 45.3 Å². The van der Waals surface area contributed by atoms with E-state index in [1.165, 1.54) is 29.2 Å². The first-order chi connectivity index (χ1) is 16.9. The van der Waals surface area contributed by atoms with Crippen LogP contribution in [0.1, 0.15) is 63.1 Å². The van der Waals surface area contributed by atoms with Crippen molar-refractivity contribution in [2.45, 2.75) is 52.0 Å². The number of benzene rings is 2. The minimum Gasteiger partial charge on any atom is -0.507 e. The summed E-state index contributed by atoms with van der Waals surface area (Å²) in [5.74, 6) is -2.21. The standard InChI is InChI=1S/C28H34ClFN2O3/c1-3-5-16-31(17-6-4-2)18-9-19-32-25(22-10-7-8-11-23(22)29)24(27(34)28(32)35)26(33)20-12-14-21(30)15-13-20/h7-8,10-15,25,33H,3-6,9,16-19H2,1-2H3/b26-24-. The number of Topliss-reactive ketones (excluding diaryl/α,β-unsaturated/α-hetero) is 1. The van der Waals surface area contributed by atoms with Crippen LogP contribution in [-0.4, -0.2) is 52.8 Å². The minimum absolute atomic E-state index is 0.0245. The van der Waals surface area contributed by atoms with Crippen LogP contribution in [0, 0.1) is 5.82 Å². The number of hydrogen-bond donors (Lipinski definition) is 1. The number of aliphatic hydroxyl groups is 1. The van der Waals surface area contributed by atoms with E-state index >= 15 is 0 Å². The number of ketones is 1. The fraction of sp³-hybridized carbons (Fsp3) is 0.429. The van der Waals surface area contributed by atoms with Gasteiger partial charge in [-0.25, -0.2) is 4.39 Å². The highest BCUT2D eigenvalue weighted by Gasteiger charge is 2.46. The van der Waals surface area contributed by atoms with Gasteiger partial charge in [-0.3, -0.25) is 9.59 Å². The molecule has 1 saturated heterocycles. The molecule has 1 aliphatic rings. The van der Waals surface area contributed by atoms with Gasteiger partial charge in [-0.1, -0.05) is 56.5 Å². The summed E-state index contributed by atoms with van der Waals surface area (Å²) in [5.41, 5.74) is 0.821. The average molecular weight is 501 g/mol. The second-order valence-corrected chi connectivity index (χ2v) is 9.33. The SMILES string of the molecule is CCCCN(CCCC)CCCN1C(=O)C(=O)/C(=C(\O)c2ccc(F)cc2)C1c1ccccc1Cl. The van der Waals surface area contributed by atoms with E-state index in [4.69, 9.17) is 11.6 Å². The van der Waals surface area contributed by atoms with Crippen LogP contribution in [0.3, 0.4) is 0 Å². The van der Waals surface area contributed by atoms with Crippen molar-refractivity contribution in [3.63, 3.8) is 0 Å². The molecule has 0 aliphatic carbocycles. The van der Waals surface area contributed by atoms with Crippen molar-refractivity contribution in [1.29, 1.82) is 0 Å². The van der Waals surface area contributed by atoms with Gasteiger partial charge in [0.1, 0.15) is 11.6 Å². The first kappa shape index (κ1) is 26.9. The molecule has 1 atom stereocenters. The summed E-state index contributed by atoms with van der Waals surface area (Å²) >= 11 is 6.49. The van der Waals surface area contributed by atoms with Crippen molar-refractivity contribution < 1.29 is 19.1 Å². The molecule has 188 valence electrons. The van der Waals surface area contributed by atoms with E-state index in [-0.39, 0.29) is 16.9 Å². The number of carbonyl (C=O) groups is 2. The Morgan fingerprint density at radius 3 is 2.17 bits per heavy atom. The molecule has 2 aromatic rings. The summed E-state index contributed by atoms with van der Waals surface area (Å²) in [5, 5.41) is 11.5. The molecular weight excluding hydrogens is 467 g/mol. The number of likely N-dealkylation sites (tertiary alicyclic amines) is 1. The molecule has 7 heteroatoms. The summed E-state index contributed by atoms with van der Waals surface area (Å²) in [7, 11) is 0. The van der Waals surface area contributed by atoms with E-state index in [0.29, 0.717) is 23.6 Å². The van der Waals surface area contributed by atoms with Crippen LogP contribution < -0.4 is 0 Å². The van der Waals surface area contributed by atoms with Gasteiger partial charge in [-0.15, -0.1) is 0 Å². The fourth-order valence-electron chi connectivity index (χ4n) is 4.46. The number of rotatable bonds is 12. The van der Waals surface area contributed by atoms with Crippen LogP contribution in [0.5, 0.6) is 0 Å². The Morgan fingerprint density at radius 2 is 1.57 bits per heavy atom. The lowest BCUT2D eigenvalue weighted by Gasteiger charge is -2.28. The normalized spacial score (nSPS) is 17.5. The van der Waals surface area contributed by atoms with Crippen molar-refractivity contribution >= 4 is 29.1 Å². The van der Waals surface area contributed by atoms with E-state index in [1.807, 2.05) is 0 Å². The zero-order chi connectivity index (χ0) is 25.4. The van der Waals surface area contributed by atoms with E-state index in [9.17, 15) is 19.1 Å². The maximum atomic E-state index is 13.4. The molecule has 1 unspecified atom stereocenters.